The average Bonchev–Trinajstić information content (AvgIpc) is 2.42. The molecule has 1 N–H and O–H groups in total. The first-order chi connectivity index (χ1) is 9.96. The van der Waals surface area contributed by atoms with E-state index in [1.807, 2.05) is 7.05 Å². The molecule has 1 aromatic rings. The van der Waals surface area contributed by atoms with Gasteiger partial charge in [0, 0.05) is 39.2 Å². The number of hydrogen-bond donors (Lipinski definition) is 1. The van der Waals surface area contributed by atoms with Gasteiger partial charge in [-0.05, 0) is 26.4 Å². The zero-order valence-corrected chi connectivity index (χ0v) is 14.5. The summed E-state index contributed by atoms with van der Waals surface area (Å²) in [5.41, 5.74) is 0. The van der Waals surface area contributed by atoms with Crippen molar-refractivity contribution in [2.75, 3.05) is 51.0 Å². The molecule has 0 atom stereocenters. The van der Waals surface area contributed by atoms with Gasteiger partial charge in [0.15, 0.2) is 0 Å². The van der Waals surface area contributed by atoms with E-state index < -0.39 is 0 Å². The zero-order valence-electron chi connectivity index (χ0n) is 14.5. The summed E-state index contributed by atoms with van der Waals surface area (Å²) < 4.78 is 0. The topological polar surface area (TPSA) is 44.3 Å². The molecule has 0 aliphatic heterocycles. The van der Waals surface area contributed by atoms with Crippen LogP contribution in [-0.2, 0) is 6.42 Å². The van der Waals surface area contributed by atoms with Gasteiger partial charge in [0.25, 0.3) is 0 Å². The predicted molar refractivity (Wildman–Crippen MR) is 91.2 cm³/mol. The lowest BCUT2D eigenvalue weighted by Gasteiger charge is -2.27. The van der Waals surface area contributed by atoms with E-state index >= 15 is 0 Å². The molecule has 1 aromatic heterocycles. The largest absolute Gasteiger partial charge is 0.373 e. The van der Waals surface area contributed by atoms with Crippen molar-refractivity contribution in [3.8, 4) is 0 Å². The number of rotatable bonds is 9. The first kappa shape index (κ1) is 17.7. The molecule has 0 amide bonds. The van der Waals surface area contributed by atoms with Crippen LogP contribution in [0, 0.1) is 5.92 Å². The van der Waals surface area contributed by atoms with E-state index in [1.165, 1.54) is 0 Å². The number of hydrogen-bond acceptors (Lipinski definition) is 5. The lowest BCUT2D eigenvalue weighted by molar-refractivity contribution is 0.408. The molecule has 1 heterocycles. The highest BCUT2D eigenvalue weighted by atomic mass is 15.2. The summed E-state index contributed by atoms with van der Waals surface area (Å²) in [5.74, 6) is 3.48. The number of likely N-dealkylation sites (N-methyl/N-ethyl adjacent to an activating group) is 1. The normalized spacial score (nSPS) is 11.2. The molecule has 0 spiro atoms. The van der Waals surface area contributed by atoms with Crippen molar-refractivity contribution in [3.05, 3.63) is 11.9 Å². The van der Waals surface area contributed by atoms with Crippen LogP contribution in [0.25, 0.3) is 0 Å². The Bertz CT molecular complexity index is 417. The number of nitrogens with one attached hydrogen (secondary N) is 1. The molecule has 0 unspecified atom stereocenters. The fourth-order valence-corrected chi connectivity index (χ4v) is 2.17. The Morgan fingerprint density at radius 1 is 1.19 bits per heavy atom. The average molecular weight is 293 g/mol. The molecular weight excluding hydrogens is 262 g/mol. The van der Waals surface area contributed by atoms with Crippen LogP contribution in [0.2, 0.25) is 0 Å². The summed E-state index contributed by atoms with van der Waals surface area (Å²) in [6.07, 6.45) is 1.99. The second-order valence-electron chi connectivity index (χ2n) is 6.17. The molecule has 0 radical (unpaired) electrons. The first-order valence-electron chi connectivity index (χ1n) is 7.91. The quantitative estimate of drug-likeness (QED) is 0.758. The smallest absolute Gasteiger partial charge is 0.134 e. The maximum Gasteiger partial charge on any atom is 0.134 e. The van der Waals surface area contributed by atoms with Gasteiger partial charge in [-0.25, -0.2) is 9.97 Å². The summed E-state index contributed by atoms with van der Waals surface area (Å²) >= 11 is 0. The Labute approximate surface area is 129 Å². The monoisotopic (exact) mass is 293 g/mol. The Balaban J connectivity index is 3.00. The van der Waals surface area contributed by atoms with Crippen molar-refractivity contribution in [2.24, 2.45) is 5.92 Å². The molecule has 0 fully saturated rings. The Kier molecular flexibility index (Phi) is 7.43. The molecule has 1 rings (SSSR count). The van der Waals surface area contributed by atoms with Gasteiger partial charge in [-0.1, -0.05) is 20.8 Å². The third kappa shape index (κ3) is 6.29. The van der Waals surface area contributed by atoms with Gasteiger partial charge >= 0.3 is 0 Å². The molecule has 120 valence electrons. The molecule has 21 heavy (non-hydrogen) atoms. The van der Waals surface area contributed by atoms with E-state index in [2.05, 4.69) is 61.0 Å². The molecule has 0 aromatic carbocycles. The lowest BCUT2D eigenvalue weighted by Crippen LogP contribution is -2.35. The molecule has 5 heteroatoms. The summed E-state index contributed by atoms with van der Waals surface area (Å²) in [5, 5.41) is 3.15. The Hall–Kier alpha value is -1.36. The van der Waals surface area contributed by atoms with Gasteiger partial charge in [0.1, 0.15) is 17.5 Å². The van der Waals surface area contributed by atoms with Crippen LogP contribution in [0.5, 0.6) is 0 Å². The summed E-state index contributed by atoms with van der Waals surface area (Å²) in [4.78, 5) is 13.9. The maximum absolute atomic E-state index is 4.76. The third-order valence-corrected chi connectivity index (χ3v) is 3.22. The number of aryl methyl sites for hydroxylation is 1. The van der Waals surface area contributed by atoms with Crippen molar-refractivity contribution >= 4 is 11.6 Å². The number of nitrogens with zero attached hydrogens (tertiary/aromatic N) is 4. The van der Waals surface area contributed by atoms with Crippen molar-refractivity contribution in [1.29, 1.82) is 0 Å². The van der Waals surface area contributed by atoms with E-state index in [4.69, 9.17) is 4.98 Å². The van der Waals surface area contributed by atoms with E-state index in [0.717, 1.165) is 49.9 Å². The van der Waals surface area contributed by atoms with Crippen molar-refractivity contribution in [2.45, 2.75) is 33.6 Å². The van der Waals surface area contributed by atoms with Crippen LogP contribution in [0.15, 0.2) is 6.07 Å². The number of anilines is 2. The summed E-state index contributed by atoms with van der Waals surface area (Å²) in [6, 6.07) is 2.05. The Morgan fingerprint density at radius 3 is 2.43 bits per heavy atom. The molecule has 0 saturated carbocycles. The standard InChI is InChI=1S/C16H31N5/c1-7-8-14-18-15(17-4)11-16(19-14)21(12-13(2)3)10-9-20(5)6/h11,13H,7-10,12H2,1-6H3,(H,17,18,19). The fraction of sp³-hybridized carbons (Fsp3) is 0.750. The van der Waals surface area contributed by atoms with Gasteiger partial charge in [-0.3, -0.25) is 0 Å². The number of aromatic nitrogens is 2. The molecular formula is C16H31N5. The molecule has 0 bridgehead atoms. The second-order valence-corrected chi connectivity index (χ2v) is 6.17. The molecule has 0 aliphatic carbocycles. The van der Waals surface area contributed by atoms with Crippen LogP contribution in [-0.4, -0.2) is 55.6 Å². The van der Waals surface area contributed by atoms with Crippen LogP contribution >= 0.6 is 0 Å². The maximum atomic E-state index is 4.76. The minimum atomic E-state index is 0.606. The SMILES string of the molecule is CCCc1nc(NC)cc(N(CCN(C)C)CC(C)C)n1. The highest BCUT2D eigenvalue weighted by Crippen LogP contribution is 2.18. The van der Waals surface area contributed by atoms with Crippen LogP contribution < -0.4 is 10.2 Å². The van der Waals surface area contributed by atoms with Gasteiger partial charge in [-0.15, -0.1) is 0 Å². The highest BCUT2D eigenvalue weighted by molar-refractivity contribution is 5.49. The predicted octanol–water partition coefficient (Wildman–Crippen LogP) is 2.49. The van der Waals surface area contributed by atoms with Crippen LogP contribution in [0.3, 0.4) is 0 Å². The molecule has 5 nitrogen and oxygen atoms in total. The van der Waals surface area contributed by atoms with E-state index in [-0.39, 0.29) is 0 Å². The molecule has 0 aliphatic rings. The van der Waals surface area contributed by atoms with E-state index in [0.29, 0.717) is 5.92 Å². The lowest BCUT2D eigenvalue weighted by atomic mass is 10.2. The Morgan fingerprint density at radius 2 is 1.90 bits per heavy atom. The van der Waals surface area contributed by atoms with Crippen molar-refractivity contribution < 1.29 is 0 Å². The van der Waals surface area contributed by atoms with E-state index in [1.54, 1.807) is 0 Å². The second kappa shape index (κ2) is 8.82. The summed E-state index contributed by atoms with van der Waals surface area (Å²) in [7, 11) is 6.12. The van der Waals surface area contributed by atoms with Gasteiger partial charge < -0.3 is 15.1 Å². The van der Waals surface area contributed by atoms with Gasteiger partial charge in [0.05, 0.1) is 0 Å². The fourth-order valence-electron chi connectivity index (χ4n) is 2.17. The highest BCUT2D eigenvalue weighted by Gasteiger charge is 2.13. The van der Waals surface area contributed by atoms with Gasteiger partial charge in [-0.2, -0.15) is 0 Å². The summed E-state index contributed by atoms with van der Waals surface area (Å²) in [6.45, 7) is 9.67. The third-order valence-electron chi connectivity index (χ3n) is 3.22. The zero-order chi connectivity index (χ0) is 15.8. The minimum Gasteiger partial charge on any atom is -0.373 e. The van der Waals surface area contributed by atoms with Gasteiger partial charge in [0.2, 0.25) is 0 Å². The minimum absolute atomic E-state index is 0.606. The van der Waals surface area contributed by atoms with Crippen molar-refractivity contribution in [1.82, 2.24) is 14.9 Å². The first-order valence-corrected chi connectivity index (χ1v) is 7.91. The van der Waals surface area contributed by atoms with Crippen molar-refractivity contribution in [3.63, 3.8) is 0 Å². The van der Waals surface area contributed by atoms with Crippen LogP contribution in [0.1, 0.15) is 33.0 Å². The molecule has 0 saturated heterocycles. The van der Waals surface area contributed by atoms with Crippen LogP contribution in [0.4, 0.5) is 11.6 Å². The van der Waals surface area contributed by atoms with E-state index in [9.17, 15) is 0 Å².